The Balaban J connectivity index is 1.30. The second kappa shape index (κ2) is 10.8. The maximum atomic E-state index is 13.4. The number of carbonyl (C=O) groups excluding carboxylic acids is 1. The lowest BCUT2D eigenvalue weighted by atomic mass is 10.1. The zero-order chi connectivity index (χ0) is 26.7. The number of benzene rings is 3. The molecule has 1 aliphatic heterocycles. The van der Waals surface area contributed by atoms with E-state index in [1.165, 1.54) is 24.8 Å². The first-order valence-corrected chi connectivity index (χ1v) is 14.0. The fourth-order valence-electron chi connectivity index (χ4n) is 4.86. The molecule has 38 heavy (non-hydrogen) atoms. The first-order valence-electron chi connectivity index (χ1n) is 12.5. The molecule has 196 valence electrons. The molecule has 0 radical (unpaired) electrons. The predicted molar refractivity (Wildman–Crippen MR) is 148 cm³/mol. The van der Waals surface area contributed by atoms with Gasteiger partial charge in [0.15, 0.2) is 0 Å². The fourth-order valence-corrected chi connectivity index (χ4v) is 6.09. The number of para-hydroxylation sites is 1. The highest BCUT2D eigenvalue weighted by atomic mass is 32.2. The molecule has 1 unspecified atom stereocenters. The molecule has 4 aromatic rings. The molecular formula is C29H30N4O4S. The second-order valence-electron chi connectivity index (χ2n) is 9.27. The SMILES string of the molecule is COc1cc(NS(=O)(=O)c2cccc3cccnc23)ccc1C(=O)N1CCN(C(C)c2ccccc2)CC1. The molecule has 0 aliphatic carbocycles. The number of piperazine rings is 1. The number of carbonyl (C=O) groups is 1. The molecule has 0 spiro atoms. The van der Waals surface area contributed by atoms with Crippen LogP contribution >= 0.6 is 0 Å². The Morgan fingerprint density at radius 2 is 1.68 bits per heavy atom. The molecule has 1 N–H and O–H groups in total. The minimum absolute atomic E-state index is 0.0809. The van der Waals surface area contributed by atoms with Crippen molar-refractivity contribution in [1.82, 2.24) is 14.8 Å². The molecule has 1 atom stereocenters. The van der Waals surface area contributed by atoms with Crippen molar-refractivity contribution in [2.75, 3.05) is 38.0 Å². The van der Waals surface area contributed by atoms with Crippen LogP contribution in [0.25, 0.3) is 10.9 Å². The maximum Gasteiger partial charge on any atom is 0.264 e. The molecule has 1 aliphatic rings. The molecule has 0 saturated carbocycles. The summed E-state index contributed by atoms with van der Waals surface area (Å²) in [4.78, 5) is 21.9. The zero-order valence-electron chi connectivity index (χ0n) is 21.4. The molecule has 1 fully saturated rings. The van der Waals surface area contributed by atoms with Crippen molar-refractivity contribution < 1.29 is 17.9 Å². The van der Waals surface area contributed by atoms with Crippen LogP contribution in [0.15, 0.2) is 90.0 Å². The first kappa shape index (κ1) is 25.7. The standard InChI is InChI=1S/C29H30N4O4S/c1-21(22-8-4-3-5-9-22)32-16-18-33(19-17-32)29(34)25-14-13-24(20-26(25)37-2)31-38(35,36)27-12-6-10-23-11-7-15-30-28(23)27/h3-15,20-21,31H,16-19H2,1-2H3. The van der Waals surface area contributed by atoms with E-state index in [2.05, 4.69) is 33.7 Å². The molecule has 1 saturated heterocycles. The Hall–Kier alpha value is -3.95. The van der Waals surface area contributed by atoms with Gasteiger partial charge in [0.1, 0.15) is 10.6 Å². The molecular weight excluding hydrogens is 500 g/mol. The summed E-state index contributed by atoms with van der Waals surface area (Å²) in [6, 6.07) is 23.9. The molecule has 2 heterocycles. The van der Waals surface area contributed by atoms with Crippen molar-refractivity contribution in [2.24, 2.45) is 0 Å². The zero-order valence-corrected chi connectivity index (χ0v) is 22.2. The van der Waals surface area contributed by atoms with E-state index < -0.39 is 10.0 Å². The van der Waals surface area contributed by atoms with Crippen LogP contribution in [0.3, 0.4) is 0 Å². The van der Waals surface area contributed by atoms with Gasteiger partial charge < -0.3 is 9.64 Å². The Bertz CT molecular complexity index is 1550. The minimum atomic E-state index is -3.92. The van der Waals surface area contributed by atoms with Gasteiger partial charge in [-0.1, -0.05) is 48.5 Å². The second-order valence-corrected chi connectivity index (χ2v) is 10.9. The third kappa shape index (κ3) is 5.20. The molecule has 1 aromatic heterocycles. The van der Waals surface area contributed by atoms with Crippen molar-refractivity contribution in [3.63, 3.8) is 0 Å². The monoisotopic (exact) mass is 530 g/mol. The summed E-state index contributed by atoms with van der Waals surface area (Å²) in [6.45, 7) is 4.91. The highest BCUT2D eigenvalue weighted by Gasteiger charge is 2.27. The number of ether oxygens (including phenoxy) is 1. The van der Waals surface area contributed by atoms with Gasteiger partial charge in [-0.2, -0.15) is 0 Å². The lowest BCUT2D eigenvalue weighted by Crippen LogP contribution is -2.49. The number of sulfonamides is 1. The average molecular weight is 531 g/mol. The summed E-state index contributed by atoms with van der Waals surface area (Å²) < 4.78 is 34.5. The Kier molecular flexibility index (Phi) is 7.31. The number of rotatable bonds is 7. The van der Waals surface area contributed by atoms with E-state index in [1.54, 1.807) is 30.5 Å². The Morgan fingerprint density at radius 3 is 2.42 bits per heavy atom. The fraction of sp³-hybridized carbons (Fsp3) is 0.241. The van der Waals surface area contributed by atoms with Crippen LogP contribution in [0.4, 0.5) is 5.69 Å². The molecule has 9 heteroatoms. The number of aromatic nitrogens is 1. The summed E-state index contributed by atoms with van der Waals surface area (Å²) in [7, 11) is -2.45. The first-order chi connectivity index (χ1) is 18.4. The lowest BCUT2D eigenvalue weighted by molar-refractivity contribution is 0.0579. The van der Waals surface area contributed by atoms with Gasteiger partial charge in [-0.25, -0.2) is 8.42 Å². The summed E-state index contributed by atoms with van der Waals surface area (Å²) in [6.07, 6.45) is 1.56. The van der Waals surface area contributed by atoms with Gasteiger partial charge in [-0.3, -0.25) is 19.4 Å². The number of anilines is 1. The molecule has 1 amide bonds. The van der Waals surface area contributed by atoms with Gasteiger partial charge in [0.2, 0.25) is 0 Å². The number of methoxy groups -OCH3 is 1. The van der Waals surface area contributed by atoms with E-state index in [1.807, 2.05) is 35.2 Å². The number of nitrogens with one attached hydrogen (secondary N) is 1. The number of hydrogen-bond acceptors (Lipinski definition) is 6. The minimum Gasteiger partial charge on any atom is -0.496 e. The average Bonchev–Trinajstić information content (AvgIpc) is 2.96. The quantitative estimate of drug-likeness (QED) is 0.377. The summed E-state index contributed by atoms with van der Waals surface area (Å²) in [5.41, 5.74) is 2.34. The van der Waals surface area contributed by atoms with Crippen molar-refractivity contribution in [2.45, 2.75) is 17.9 Å². The summed E-state index contributed by atoms with van der Waals surface area (Å²) in [5.74, 6) is 0.174. The topological polar surface area (TPSA) is 91.8 Å². The summed E-state index contributed by atoms with van der Waals surface area (Å²) >= 11 is 0. The van der Waals surface area contributed by atoms with Gasteiger partial charge in [0.05, 0.1) is 23.9 Å². The van der Waals surface area contributed by atoms with E-state index in [9.17, 15) is 13.2 Å². The van der Waals surface area contributed by atoms with E-state index in [4.69, 9.17) is 4.74 Å². The van der Waals surface area contributed by atoms with Crippen LogP contribution in [-0.4, -0.2) is 62.4 Å². The van der Waals surface area contributed by atoms with Crippen molar-refractivity contribution in [3.8, 4) is 5.75 Å². The lowest BCUT2D eigenvalue weighted by Gasteiger charge is -2.38. The predicted octanol–water partition coefficient (Wildman–Crippen LogP) is 4.56. The van der Waals surface area contributed by atoms with Gasteiger partial charge in [0, 0.05) is 49.9 Å². The maximum absolute atomic E-state index is 13.4. The third-order valence-electron chi connectivity index (χ3n) is 7.00. The van der Waals surface area contributed by atoms with Gasteiger partial charge in [-0.15, -0.1) is 0 Å². The van der Waals surface area contributed by atoms with Crippen LogP contribution in [0.5, 0.6) is 5.75 Å². The molecule has 0 bridgehead atoms. The van der Waals surface area contributed by atoms with Crippen LogP contribution in [-0.2, 0) is 10.0 Å². The molecule has 8 nitrogen and oxygen atoms in total. The van der Waals surface area contributed by atoms with Crippen LogP contribution in [0.2, 0.25) is 0 Å². The van der Waals surface area contributed by atoms with E-state index >= 15 is 0 Å². The smallest absolute Gasteiger partial charge is 0.264 e. The van der Waals surface area contributed by atoms with Gasteiger partial charge in [-0.05, 0) is 36.8 Å². The van der Waals surface area contributed by atoms with E-state index in [0.29, 0.717) is 35.6 Å². The number of amides is 1. The Morgan fingerprint density at radius 1 is 0.947 bits per heavy atom. The van der Waals surface area contributed by atoms with Crippen molar-refractivity contribution in [3.05, 3.63) is 96.2 Å². The highest BCUT2D eigenvalue weighted by Crippen LogP contribution is 2.29. The van der Waals surface area contributed by atoms with E-state index in [-0.39, 0.29) is 16.8 Å². The third-order valence-corrected chi connectivity index (χ3v) is 8.41. The number of fused-ring (bicyclic) bond motifs is 1. The van der Waals surface area contributed by atoms with Crippen molar-refractivity contribution in [1.29, 1.82) is 0 Å². The van der Waals surface area contributed by atoms with Crippen LogP contribution in [0.1, 0.15) is 28.9 Å². The van der Waals surface area contributed by atoms with Crippen LogP contribution < -0.4 is 9.46 Å². The normalized spacial score (nSPS) is 15.3. The van der Waals surface area contributed by atoms with Gasteiger partial charge in [0.25, 0.3) is 15.9 Å². The molecule has 5 rings (SSSR count). The van der Waals surface area contributed by atoms with Crippen LogP contribution in [0, 0.1) is 0 Å². The highest BCUT2D eigenvalue weighted by molar-refractivity contribution is 7.93. The summed E-state index contributed by atoms with van der Waals surface area (Å²) in [5, 5.41) is 0.729. The largest absolute Gasteiger partial charge is 0.496 e. The van der Waals surface area contributed by atoms with Gasteiger partial charge >= 0.3 is 0 Å². The van der Waals surface area contributed by atoms with Crippen molar-refractivity contribution >= 4 is 32.5 Å². The number of hydrogen-bond donors (Lipinski definition) is 1. The number of pyridine rings is 1. The number of nitrogens with zero attached hydrogens (tertiary/aromatic N) is 3. The van der Waals surface area contributed by atoms with E-state index in [0.717, 1.165) is 18.5 Å². The molecule has 3 aromatic carbocycles. The Labute approximate surface area is 222 Å².